The van der Waals surface area contributed by atoms with Gasteiger partial charge >= 0.3 is 5.97 Å². The molecule has 0 heterocycles. The van der Waals surface area contributed by atoms with Crippen LogP contribution < -0.4 is 10.6 Å². The second kappa shape index (κ2) is 8.34. The minimum atomic E-state index is -0.887. The van der Waals surface area contributed by atoms with Crippen molar-refractivity contribution in [3.05, 3.63) is 38.9 Å². The molecule has 1 saturated carbocycles. The van der Waals surface area contributed by atoms with Crippen molar-refractivity contribution in [1.29, 1.82) is 0 Å². The highest BCUT2D eigenvalue weighted by Gasteiger charge is 2.37. The van der Waals surface area contributed by atoms with Crippen molar-refractivity contribution in [1.82, 2.24) is 10.6 Å². The number of hydrogen-bond donors (Lipinski definition) is 3. The summed E-state index contributed by atoms with van der Waals surface area (Å²) in [7, 11) is 0. The number of aliphatic carboxylic acids is 1. The number of carboxylic acid groups (broad SMARTS) is 1. The quantitative estimate of drug-likeness (QED) is 0.475. The number of carboxylic acids is 1. The Morgan fingerprint density at radius 2 is 1.93 bits per heavy atom. The second-order valence-corrected chi connectivity index (χ2v) is 7.24. The molecule has 146 valence electrons. The maximum atomic E-state index is 12.5. The fourth-order valence-electron chi connectivity index (χ4n) is 2.78. The molecule has 0 bridgehead atoms. The highest BCUT2D eigenvalue weighted by Crippen LogP contribution is 2.28. The minimum absolute atomic E-state index is 0.0234. The average Bonchev–Trinajstić information content (AvgIpc) is 2.54. The normalized spacial score (nSPS) is 19.7. The van der Waals surface area contributed by atoms with Gasteiger partial charge in [-0.05, 0) is 24.8 Å². The lowest BCUT2D eigenvalue weighted by molar-refractivity contribution is -0.384. The number of nitro benzene ring substituents is 1. The van der Waals surface area contributed by atoms with Crippen molar-refractivity contribution in [2.75, 3.05) is 0 Å². The van der Waals surface area contributed by atoms with Crippen LogP contribution in [0.4, 0.5) is 5.69 Å². The summed E-state index contributed by atoms with van der Waals surface area (Å²) >= 11 is 5.95. The van der Waals surface area contributed by atoms with E-state index in [9.17, 15) is 24.5 Å². The largest absolute Gasteiger partial charge is 0.481 e. The van der Waals surface area contributed by atoms with E-state index in [1.807, 2.05) is 0 Å². The average molecular weight is 398 g/mol. The number of amides is 2. The van der Waals surface area contributed by atoms with Crippen LogP contribution >= 0.6 is 11.6 Å². The zero-order valence-electron chi connectivity index (χ0n) is 14.8. The maximum absolute atomic E-state index is 12.5. The number of halogens is 1. The van der Waals surface area contributed by atoms with E-state index in [-0.39, 0.29) is 28.2 Å². The van der Waals surface area contributed by atoms with Gasteiger partial charge in [-0.25, -0.2) is 0 Å². The van der Waals surface area contributed by atoms with Crippen molar-refractivity contribution in [3.8, 4) is 0 Å². The van der Waals surface area contributed by atoms with E-state index in [1.165, 1.54) is 6.07 Å². The van der Waals surface area contributed by atoms with Gasteiger partial charge in [0.25, 0.3) is 11.6 Å². The Bertz CT molecular complexity index is 776. The Balaban J connectivity index is 2.03. The summed E-state index contributed by atoms with van der Waals surface area (Å²) in [5.41, 5.74) is -0.219. The SMILES string of the molecule is CC(C)C(NC(=O)c1ccc([N+](=O)[O-])cc1Cl)C(=O)NC1CC(C(=O)O)C1. The number of rotatable bonds is 7. The highest BCUT2D eigenvalue weighted by molar-refractivity contribution is 6.34. The molecule has 1 aliphatic carbocycles. The second-order valence-electron chi connectivity index (χ2n) is 6.83. The summed E-state index contributed by atoms with van der Waals surface area (Å²) in [5.74, 6) is -2.62. The van der Waals surface area contributed by atoms with Crippen molar-refractivity contribution >= 4 is 35.1 Å². The summed E-state index contributed by atoms with van der Waals surface area (Å²) < 4.78 is 0. The topological polar surface area (TPSA) is 139 Å². The van der Waals surface area contributed by atoms with E-state index < -0.39 is 34.7 Å². The summed E-state index contributed by atoms with van der Waals surface area (Å²) in [6.45, 7) is 3.51. The van der Waals surface area contributed by atoms with Crippen molar-refractivity contribution in [2.45, 2.75) is 38.8 Å². The lowest BCUT2D eigenvalue weighted by Gasteiger charge is -2.34. The van der Waals surface area contributed by atoms with Gasteiger partial charge in [0.05, 0.1) is 21.4 Å². The summed E-state index contributed by atoms with van der Waals surface area (Å²) in [5, 5.41) is 24.9. The monoisotopic (exact) mass is 397 g/mol. The molecule has 10 heteroatoms. The third kappa shape index (κ3) is 4.94. The van der Waals surface area contributed by atoms with Gasteiger partial charge in [0.2, 0.25) is 5.91 Å². The number of nitrogens with zero attached hydrogens (tertiary/aromatic N) is 1. The Morgan fingerprint density at radius 3 is 2.41 bits per heavy atom. The summed E-state index contributed by atoms with van der Waals surface area (Å²) in [4.78, 5) is 45.9. The molecule has 1 fully saturated rings. The molecule has 2 amide bonds. The molecule has 27 heavy (non-hydrogen) atoms. The van der Waals surface area contributed by atoms with Crippen LogP contribution in [0.25, 0.3) is 0 Å². The predicted octanol–water partition coefficient (Wildman–Crippen LogP) is 1.98. The number of carbonyl (C=O) groups is 3. The van der Waals surface area contributed by atoms with Crippen molar-refractivity contribution in [3.63, 3.8) is 0 Å². The Kier molecular flexibility index (Phi) is 6.37. The third-order valence-electron chi connectivity index (χ3n) is 4.48. The predicted molar refractivity (Wildman–Crippen MR) is 96.5 cm³/mol. The lowest BCUT2D eigenvalue weighted by Crippen LogP contribution is -2.55. The highest BCUT2D eigenvalue weighted by atomic mass is 35.5. The Morgan fingerprint density at radius 1 is 1.30 bits per heavy atom. The lowest BCUT2D eigenvalue weighted by atomic mass is 9.80. The molecule has 0 aromatic heterocycles. The molecule has 0 saturated heterocycles. The summed E-state index contributed by atoms with van der Waals surface area (Å²) in [6.07, 6.45) is 0.710. The van der Waals surface area contributed by atoms with Gasteiger partial charge in [-0.1, -0.05) is 25.4 Å². The van der Waals surface area contributed by atoms with E-state index in [0.717, 1.165) is 12.1 Å². The molecular weight excluding hydrogens is 378 g/mol. The van der Waals surface area contributed by atoms with E-state index in [1.54, 1.807) is 13.8 Å². The molecule has 2 rings (SSSR count). The molecule has 1 aromatic carbocycles. The number of nitrogens with one attached hydrogen (secondary N) is 2. The Labute approximate surface area is 160 Å². The molecule has 0 radical (unpaired) electrons. The van der Waals surface area contributed by atoms with Crippen LogP contribution in [0.3, 0.4) is 0 Å². The van der Waals surface area contributed by atoms with Crippen molar-refractivity contribution < 1.29 is 24.4 Å². The van der Waals surface area contributed by atoms with Gasteiger partial charge in [0.1, 0.15) is 6.04 Å². The standard InChI is InChI=1S/C17H20ClN3O6/c1-8(2)14(16(23)19-10-5-9(6-10)17(24)25)20-15(22)12-4-3-11(21(26)27)7-13(12)18/h3-4,7-10,14H,5-6H2,1-2H3,(H,19,23)(H,20,22)(H,24,25). The fraction of sp³-hybridized carbons (Fsp3) is 0.471. The molecule has 1 unspecified atom stereocenters. The Hall–Kier alpha value is -2.68. The van der Waals surface area contributed by atoms with E-state index >= 15 is 0 Å². The molecule has 9 nitrogen and oxygen atoms in total. The van der Waals surface area contributed by atoms with Crippen molar-refractivity contribution in [2.24, 2.45) is 11.8 Å². The van der Waals surface area contributed by atoms with Gasteiger partial charge in [0.15, 0.2) is 0 Å². The van der Waals surface area contributed by atoms with Gasteiger partial charge in [0, 0.05) is 18.2 Å². The molecule has 1 atom stereocenters. The van der Waals surface area contributed by atoms with E-state index in [0.29, 0.717) is 12.8 Å². The van der Waals surface area contributed by atoms with Gasteiger partial charge in [-0.2, -0.15) is 0 Å². The first kappa shape index (κ1) is 20.6. The molecular formula is C17H20ClN3O6. The van der Waals surface area contributed by atoms with Crippen LogP contribution in [0.15, 0.2) is 18.2 Å². The van der Waals surface area contributed by atoms with Crippen LogP contribution in [-0.2, 0) is 9.59 Å². The van der Waals surface area contributed by atoms with Crippen LogP contribution in [0.5, 0.6) is 0 Å². The first-order valence-electron chi connectivity index (χ1n) is 8.38. The van der Waals surface area contributed by atoms with Gasteiger partial charge in [-0.3, -0.25) is 24.5 Å². The number of carbonyl (C=O) groups excluding carboxylic acids is 2. The smallest absolute Gasteiger partial charge is 0.306 e. The number of hydrogen-bond acceptors (Lipinski definition) is 5. The van der Waals surface area contributed by atoms with Crippen LogP contribution in [0.1, 0.15) is 37.0 Å². The van der Waals surface area contributed by atoms with E-state index in [4.69, 9.17) is 16.7 Å². The number of non-ortho nitro benzene ring substituents is 1. The number of benzene rings is 1. The minimum Gasteiger partial charge on any atom is -0.481 e. The van der Waals surface area contributed by atoms with Crippen LogP contribution in [0.2, 0.25) is 5.02 Å². The maximum Gasteiger partial charge on any atom is 0.306 e. The number of nitro groups is 1. The molecule has 0 aliphatic heterocycles. The first-order chi connectivity index (χ1) is 12.6. The zero-order valence-corrected chi connectivity index (χ0v) is 15.5. The van der Waals surface area contributed by atoms with E-state index in [2.05, 4.69) is 10.6 Å². The molecule has 0 spiro atoms. The summed E-state index contributed by atoms with van der Waals surface area (Å²) in [6, 6.07) is 2.37. The third-order valence-corrected chi connectivity index (χ3v) is 4.79. The van der Waals surface area contributed by atoms with Gasteiger partial charge < -0.3 is 15.7 Å². The van der Waals surface area contributed by atoms with Crippen LogP contribution in [0, 0.1) is 22.0 Å². The van der Waals surface area contributed by atoms with Gasteiger partial charge in [-0.15, -0.1) is 0 Å². The molecule has 3 N–H and O–H groups in total. The first-order valence-corrected chi connectivity index (χ1v) is 8.76. The van der Waals surface area contributed by atoms with Crippen LogP contribution in [-0.4, -0.2) is 39.9 Å². The molecule has 1 aliphatic rings. The fourth-order valence-corrected chi connectivity index (χ4v) is 3.04. The molecule has 1 aromatic rings. The zero-order chi connectivity index (χ0) is 20.3.